The van der Waals surface area contributed by atoms with Gasteiger partial charge in [0.05, 0.1) is 11.8 Å². The smallest absolute Gasteiger partial charge is 0.241 e. The Morgan fingerprint density at radius 3 is 2.45 bits per heavy atom. The van der Waals surface area contributed by atoms with Gasteiger partial charge in [-0.2, -0.15) is 0 Å². The molecule has 1 unspecified atom stereocenters. The largest absolute Gasteiger partial charge is 0.325 e. The van der Waals surface area contributed by atoms with E-state index in [1.807, 2.05) is 6.92 Å². The highest BCUT2D eigenvalue weighted by Gasteiger charge is 2.21. The first kappa shape index (κ1) is 18.7. The van der Waals surface area contributed by atoms with Crippen molar-refractivity contribution in [2.24, 2.45) is 0 Å². The van der Waals surface area contributed by atoms with E-state index < -0.39 is 10.0 Å². The molecule has 0 spiro atoms. The first-order valence-electron chi connectivity index (χ1n) is 7.15. The Hall–Kier alpha value is -1.31. The van der Waals surface area contributed by atoms with Crippen molar-refractivity contribution in [3.63, 3.8) is 0 Å². The van der Waals surface area contributed by atoms with E-state index in [0.29, 0.717) is 17.8 Å². The highest BCUT2D eigenvalue weighted by molar-refractivity contribution is 7.92. The number of rotatable bonds is 6. The molecule has 0 radical (unpaired) electrons. The van der Waals surface area contributed by atoms with Crippen molar-refractivity contribution in [2.45, 2.75) is 32.2 Å². The summed E-state index contributed by atoms with van der Waals surface area (Å²) in [6.45, 7) is 2.69. The maximum Gasteiger partial charge on any atom is 0.241 e. The molecule has 22 heavy (non-hydrogen) atoms. The maximum absolute atomic E-state index is 11.9. The molecule has 3 N–H and O–H groups in total. The number of hydrogen-bond acceptors (Lipinski definition) is 4. The minimum absolute atomic E-state index is 0. The molecular formula is C14H22ClN3O3S. The highest BCUT2D eigenvalue weighted by Crippen LogP contribution is 2.16. The summed E-state index contributed by atoms with van der Waals surface area (Å²) in [6, 6.07) is 6.54. The molecule has 1 amide bonds. The number of hydrogen-bond donors (Lipinski definition) is 3. The van der Waals surface area contributed by atoms with Gasteiger partial charge in [-0.1, -0.05) is 6.92 Å². The highest BCUT2D eigenvalue weighted by atomic mass is 35.5. The fourth-order valence-corrected chi connectivity index (χ4v) is 3.39. The van der Waals surface area contributed by atoms with Crippen LogP contribution in [0.25, 0.3) is 0 Å². The van der Waals surface area contributed by atoms with Crippen LogP contribution in [0, 0.1) is 0 Å². The molecule has 1 aromatic rings. The predicted molar refractivity (Wildman–Crippen MR) is 91.0 cm³/mol. The number of anilines is 2. The monoisotopic (exact) mass is 347 g/mol. The second kappa shape index (κ2) is 8.36. The van der Waals surface area contributed by atoms with Crippen LogP contribution >= 0.6 is 12.4 Å². The van der Waals surface area contributed by atoms with Crippen LogP contribution in [0.5, 0.6) is 0 Å². The average Bonchev–Trinajstić information content (AvgIpc) is 2.94. The van der Waals surface area contributed by atoms with Crippen LogP contribution in [0.1, 0.15) is 26.2 Å². The quantitative estimate of drug-likeness (QED) is 0.734. The zero-order chi connectivity index (χ0) is 15.3. The van der Waals surface area contributed by atoms with E-state index in [0.717, 1.165) is 19.4 Å². The fraction of sp³-hybridized carbons (Fsp3) is 0.500. The van der Waals surface area contributed by atoms with Crippen molar-refractivity contribution in [1.29, 1.82) is 0 Å². The minimum atomic E-state index is -3.28. The van der Waals surface area contributed by atoms with Gasteiger partial charge in [0.15, 0.2) is 0 Å². The van der Waals surface area contributed by atoms with E-state index in [4.69, 9.17) is 0 Å². The lowest BCUT2D eigenvalue weighted by molar-refractivity contribution is -0.117. The molecule has 1 aliphatic rings. The van der Waals surface area contributed by atoms with Gasteiger partial charge in [0, 0.05) is 11.4 Å². The summed E-state index contributed by atoms with van der Waals surface area (Å²) >= 11 is 0. The molecule has 1 atom stereocenters. The number of amides is 1. The summed E-state index contributed by atoms with van der Waals surface area (Å²) in [7, 11) is -3.28. The van der Waals surface area contributed by atoms with Crippen LogP contribution in [-0.4, -0.2) is 32.7 Å². The fourth-order valence-electron chi connectivity index (χ4n) is 2.26. The van der Waals surface area contributed by atoms with E-state index in [-0.39, 0.29) is 30.1 Å². The molecule has 8 heteroatoms. The number of nitrogens with one attached hydrogen (secondary N) is 3. The van der Waals surface area contributed by atoms with Gasteiger partial charge in [0.2, 0.25) is 15.9 Å². The Bertz CT molecular complexity index is 584. The third-order valence-corrected chi connectivity index (χ3v) is 4.77. The van der Waals surface area contributed by atoms with Crippen LogP contribution in [0.3, 0.4) is 0 Å². The lowest BCUT2D eigenvalue weighted by atomic mass is 10.2. The molecule has 0 saturated carbocycles. The first-order chi connectivity index (χ1) is 10.00. The Balaban J connectivity index is 0.00000242. The number of sulfonamides is 1. The molecule has 1 aromatic carbocycles. The van der Waals surface area contributed by atoms with Crippen molar-refractivity contribution in [3.05, 3.63) is 24.3 Å². The predicted octanol–water partition coefficient (Wildman–Crippen LogP) is 1.95. The number of carbonyl (C=O) groups excluding carboxylic acids is 1. The molecular weight excluding hydrogens is 326 g/mol. The topological polar surface area (TPSA) is 87.3 Å². The Morgan fingerprint density at radius 2 is 1.91 bits per heavy atom. The van der Waals surface area contributed by atoms with E-state index in [9.17, 15) is 13.2 Å². The van der Waals surface area contributed by atoms with Gasteiger partial charge < -0.3 is 10.6 Å². The van der Waals surface area contributed by atoms with Crippen molar-refractivity contribution < 1.29 is 13.2 Å². The van der Waals surface area contributed by atoms with Crippen LogP contribution in [0.15, 0.2) is 24.3 Å². The van der Waals surface area contributed by atoms with Crippen LogP contribution in [-0.2, 0) is 14.8 Å². The summed E-state index contributed by atoms with van der Waals surface area (Å²) in [5, 5.41) is 5.95. The van der Waals surface area contributed by atoms with Gasteiger partial charge >= 0.3 is 0 Å². The number of carbonyl (C=O) groups is 1. The molecule has 1 heterocycles. The molecule has 2 rings (SSSR count). The summed E-state index contributed by atoms with van der Waals surface area (Å²) in [4.78, 5) is 11.9. The van der Waals surface area contributed by atoms with Gasteiger partial charge in [0.1, 0.15) is 0 Å². The van der Waals surface area contributed by atoms with Crippen LogP contribution in [0.4, 0.5) is 11.4 Å². The van der Waals surface area contributed by atoms with Crippen molar-refractivity contribution in [3.8, 4) is 0 Å². The maximum atomic E-state index is 11.9. The number of benzene rings is 1. The lowest BCUT2D eigenvalue weighted by Gasteiger charge is -2.12. The third kappa shape index (κ3) is 5.47. The molecule has 124 valence electrons. The number of halogens is 1. The Labute approximate surface area is 137 Å². The average molecular weight is 348 g/mol. The van der Waals surface area contributed by atoms with Crippen molar-refractivity contribution in [2.75, 3.05) is 22.3 Å². The second-order valence-corrected chi connectivity index (χ2v) is 6.98. The van der Waals surface area contributed by atoms with E-state index in [1.54, 1.807) is 24.3 Å². The lowest BCUT2D eigenvalue weighted by Crippen LogP contribution is -2.35. The molecule has 0 aromatic heterocycles. The Morgan fingerprint density at radius 1 is 1.27 bits per heavy atom. The molecule has 0 aliphatic carbocycles. The molecule has 1 saturated heterocycles. The van der Waals surface area contributed by atoms with E-state index in [2.05, 4.69) is 15.4 Å². The van der Waals surface area contributed by atoms with Gasteiger partial charge in [-0.25, -0.2) is 8.42 Å². The first-order valence-corrected chi connectivity index (χ1v) is 8.80. The van der Waals surface area contributed by atoms with Gasteiger partial charge in [0.25, 0.3) is 0 Å². The summed E-state index contributed by atoms with van der Waals surface area (Å²) < 4.78 is 25.8. The van der Waals surface area contributed by atoms with Crippen LogP contribution in [0.2, 0.25) is 0 Å². The zero-order valence-corrected chi connectivity index (χ0v) is 14.1. The Kier molecular flexibility index (Phi) is 7.12. The molecule has 1 fully saturated rings. The summed E-state index contributed by atoms with van der Waals surface area (Å²) in [6.07, 6.45) is 2.43. The molecule has 0 bridgehead atoms. The zero-order valence-electron chi connectivity index (χ0n) is 12.5. The SMILES string of the molecule is CCCS(=O)(=O)Nc1ccc(NC(=O)C2CCCN2)cc1.Cl. The van der Waals surface area contributed by atoms with Crippen molar-refractivity contribution >= 4 is 39.7 Å². The van der Waals surface area contributed by atoms with Gasteiger partial charge in [-0.15, -0.1) is 12.4 Å². The van der Waals surface area contributed by atoms with Crippen molar-refractivity contribution in [1.82, 2.24) is 5.32 Å². The van der Waals surface area contributed by atoms with E-state index in [1.165, 1.54) is 0 Å². The van der Waals surface area contributed by atoms with E-state index >= 15 is 0 Å². The summed E-state index contributed by atoms with van der Waals surface area (Å²) in [5.74, 6) is 0.0468. The molecule has 1 aliphatic heterocycles. The molecule has 6 nitrogen and oxygen atoms in total. The van der Waals surface area contributed by atoms with Gasteiger partial charge in [-0.3, -0.25) is 9.52 Å². The van der Waals surface area contributed by atoms with Crippen LogP contribution < -0.4 is 15.4 Å². The minimum Gasteiger partial charge on any atom is -0.325 e. The summed E-state index contributed by atoms with van der Waals surface area (Å²) in [5.41, 5.74) is 1.16. The normalized spacial score (nSPS) is 17.6. The second-order valence-electron chi connectivity index (χ2n) is 5.14. The standard InChI is InChI=1S/C14H21N3O3S.ClH/c1-2-10-21(19,20)17-12-7-5-11(6-8-12)16-14(18)13-4-3-9-15-13;/h5-8,13,15,17H,2-4,9-10H2,1H3,(H,16,18);1H. The van der Waals surface area contributed by atoms with Gasteiger partial charge in [-0.05, 0) is 50.1 Å². The third-order valence-electron chi connectivity index (χ3n) is 3.28.